The molecule has 5 nitrogen and oxygen atoms in total. The molecule has 1 amide bonds. The number of alkyl carbamates (subject to hydrolysis) is 1. The number of nitrogens with zero attached hydrogens (tertiary/aromatic N) is 2. The van der Waals surface area contributed by atoms with Gasteiger partial charge in [-0.25, -0.2) is 4.79 Å². The van der Waals surface area contributed by atoms with E-state index < -0.39 is 0 Å². The van der Waals surface area contributed by atoms with E-state index in [4.69, 9.17) is 4.74 Å². The summed E-state index contributed by atoms with van der Waals surface area (Å²) in [5.41, 5.74) is 0. The number of ether oxygens (including phenoxy) is 1. The van der Waals surface area contributed by atoms with Gasteiger partial charge in [0.25, 0.3) is 0 Å². The number of nitrogens with one attached hydrogen (secondary N) is 1. The van der Waals surface area contributed by atoms with Crippen molar-refractivity contribution in [2.75, 3.05) is 58.9 Å². The number of hydrogen-bond acceptors (Lipinski definition) is 2. The zero-order chi connectivity index (χ0) is 20.9. The van der Waals surface area contributed by atoms with E-state index in [9.17, 15) is 4.79 Å². The molecule has 4 heterocycles. The molecular formula is C25H47N3O2+2. The van der Waals surface area contributed by atoms with Gasteiger partial charge in [0, 0.05) is 32.2 Å². The fourth-order valence-electron chi connectivity index (χ4n) is 7.07. The molecule has 4 aliphatic heterocycles. The van der Waals surface area contributed by atoms with Crippen molar-refractivity contribution in [2.45, 2.75) is 83.7 Å². The Bertz CT molecular complexity index is 497. The Morgan fingerprint density at radius 2 is 1.23 bits per heavy atom. The smallest absolute Gasteiger partial charge is 0.407 e. The quantitative estimate of drug-likeness (QED) is 0.622. The van der Waals surface area contributed by atoms with Gasteiger partial charge in [0.1, 0.15) is 6.10 Å². The Hall–Kier alpha value is -0.810. The Morgan fingerprint density at radius 1 is 0.800 bits per heavy atom. The molecule has 4 aliphatic rings. The summed E-state index contributed by atoms with van der Waals surface area (Å²) < 4.78 is 8.81. The van der Waals surface area contributed by atoms with Crippen LogP contribution in [0.5, 0.6) is 0 Å². The van der Waals surface area contributed by atoms with E-state index in [0.29, 0.717) is 0 Å². The molecule has 4 rings (SSSR count). The summed E-state index contributed by atoms with van der Waals surface area (Å²) >= 11 is 0. The van der Waals surface area contributed by atoms with Crippen molar-refractivity contribution in [3.8, 4) is 0 Å². The van der Waals surface area contributed by atoms with Gasteiger partial charge in [0.2, 0.25) is 0 Å². The van der Waals surface area contributed by atoms with Crippen molar-refractivity contribution in [2.24, 2.45) is 11.8 Å². The van der Waals surface area contributed by atoms with Crippen molar-refractivity contribution < 1.29 is 18.5 Å². The van der Waals surface area contributed by atoms with E-state index in [2.05, 4.69) is 12.2 Å². The minimum atomic E-state index is -0.181. The first-order valence-corrected chi connectivity index (χ1v) is 13.3. The molecule has 0 aromatic heterocycles. The molecule has 0 radical (unpaired) electrons. The van der Waals surface area contributed by atoms with Crippen LogP contribution in [0, 0.1) is 11.8 Å². The summed E-state index contributed by atoms with van der Waals surface area (Å²) in [5.74, 6) is 1.50. The van der Waals surface area contributed by atoms with Gasteiger partial charge in [0.05, 0.1) is 52.4 Å². The largest absolute Gasteiger partial charge is 0.446 e. The summed E-state index contributed by atoms with van der Waals surface area (Å²) in [6.45, 7) is 13.9. The predicted octanol–water partition coefficient (Wildman–Crippen LogP) is 4.31. The average molecular weight is 422 g/mol. The number of carbonyl (C=O) groups is 1. The van der Waals surface area contributed by atoms with Gasteiger partial charge in [-0.15, -0.1) is 0 Å². The van der Waals surface area contributed by atoms with Gasteiger partial charge in [-0.1, -0.05) is 6.92 Å². The van der Waals surface area contributed by atoms with Gasteiger partial charge in [0.15, 0.2) is 0 Å². The zero-order valence-electron chi connectivity index (χ0n) is 19.6. The highest BCUT2D eigenvalue weighted by molar-refractivity contribution is 5.67. The molecule has 30 heavy (non-hydrogen) atoms. The van der Waals surface area contributed by atoms with Crippen LogP contribution in [-0.4, -0.2) is 80.1 Å². The summed E-state index contributed by atoms with van der Waals surface area (Å²) in [6.07, 6.45) is 14.1. The molecule has 5 heteroatoms. The number of amides is 1. The van der Waals surface area contributed by atoms with Crippen molar-refractivity contribution in [1.82, 2.24) is 5.32 Å². The molecule has 0 unspecified atom stereocenters. The standard InChI is InChI=1S/C25H46N3O2/c1-2-11-26-25(29)30-24(20-22-7-16-27(17-8-22)12-3-4-13-27)21-23-9-18-28(19-10-23)14-5-6-15-28/h22-24H,2-21H2,1H3/q+1/p+1. The number of rotatable bonds is 7. The molecule has 0 aromatic rings. The maximum atomic E-state index is 12.4. The van der Waals surface area contributed by atoms with Crippen molar-refractivity contribution in [3.63, 3.8) is 0 Å². The summed E-state index contributed by atoms with van der Waals surface area (Å²) in [7, 11) is 0. The normalized spacial score (nSPS) is 29.3. The van der Waals surface area contributed by atoms with Crippen LogP contribution in [0.15, 0.2) is 0 Å². The lowest BCUT2D eigenvalue weighted by Gasteiger charge is -2.42. The van der Waals surface area contributed by atoms with E-state index in [1.807, 2.05) is 0 Å². The predicted molar refractivity (Wildman–Crippen MR) is 121 cm³/mol. The number of piperidine rings is 2. The minimum Gasteiger partial charge on any atom is -0.446 e. The van der Waals surface area contributed by atoms with Gasteiger partial charge >= 0.3 is 6.09 Å². The van der Waals surface area contributed by atoms with Crippen LogP contribution in [0.1, 0.15) is 77.6 Å². The topological polar surface area (TPSA) is 38.3 Å². The van der Waals surface area contributed by atoms with Crippen LogP contribution in [0.4, 0.5) is 4.79 Å². The molecule has 0 atom stereocenters. The highest BCUT2D eigenvalue weighted by atomic mass is 16.6. The van der Waals surface area contributed by atoms with Crippen LogP contribution in [0.2, 0.25) is 0 Å². The third kappa shape index (κ3) is 5.70. The van der Waals surface area contributed by atoms with E-state index in [1.165, 1.54) is 113 Å². The van der Waals surface area contributed by atoms with Crippen LogP contribution < -0.4 is 5.32 Å². The fourth-order valence-corrected chi connectivity index (χ4v) is 7.07. The maximum absolute atomic E-state index is 12.4. The van der Waals surface area contributed by atoms with Gasteiger partial charge in [-0.3, -0.25) is 0 Å². The van der Waals surface area contributed by atoms with Gasteiger partial charge in [-0.2, -0.15) is 0 Å². The second kappa shape index (κ2) is 10.2. The van der Waals surface area contributed by atoms with Crippen LogP contribution in [-0.2, 0) is 4.74 Å². The van der Waals surface area contributed by atoms with Gasteiger partial charge < -0.3 is 19.0 Å². The molecule has 0 aliphatic carbocycles. The van der Waals surface area contributed by atoms with Crippen LogP contribution >= 0.6 is 0 Å². The lowest BCUT2D eigenvalue weighted by atomic mass is 9.84. The second-order valence-electron chi connectivity index (χ2n) is 11.2. The van der Waals surface area contributed by atoms with Crippen molar-refractivity contribution >= 4 is 6.09 Å². The van der Waals surface area contributed by atoms with Crippen LogP contribution in [0.3, 0.4) is 0 Å². The zero-order valence-corrected chi connectivity index (χ0v) is 19.6. The number of quaternary nitrogens is 2. The molecular weight excluding hydrogens is 374 g/mol. The first-order chi connectivity index (χ1) is 14.6. The maximum Gasteiger partial charge on any atom is 0.407 e. The van der Waals surface area contributed by atoms with E-state index in [-0.39, 0.29) is 12.2 Å². The Morgan fingerprint density at radius 3 is 1.63 bits per heavy atom. The van der Waals surface area contributed by atoms with Gasteiger partial charge in [-0.05, 0) is 56.8 Å². The molecule has 0 aromatic carbocycles. The molecule has 4 saturated heterocycles. The third-order valence-corrected chi connectivity index (χ3v) is 9.06. The molecule has 2 spiro atoms. The molecule has 4 fully saturated rings. The second-order valence-corrected chi connectivity index (χ2v) is 11.2. The monoisotopic (exact) mass is 421 g/mol. The lowest BCUT2D eigenvalue weighted by molar-refractivity contribution is -0.922. The molecule has 0 bridgehead atoms. The SMILES string of the molecule is CCCNC(=O)OC(CC1CC[N+]2(CCCC2)CC1)CC1CC[N+]2(CCCC2)CC1. The highest BCUT2D eigenvalue weighted by Crippen LogP contribution is 2.35. The number of hydrogen-bond donors (Lipinski definition) is 1. The number of carbonyl (C=O) groups excluding carboxylic acids is 1. The average Bonchev–Trinajstić information content (AvgIpc) is 3.40. The molecule has 172 valence electrons. The third-order valence-electron chi connectivity index (χ3n) is 9.06. The first-order valence-electron chi connectivity index (χ1n) is 13.3. The summed E-state index contributed by atoms with van der Waals surface area (Å²) in [5, 5.41) is 2.95. The Kier molecular flexibility index (Phi) is 7.62. The lowest BCUT2D eigenvalue weighted by Crippen LogP contribution is -2.51. The highest BCUT2D eigenvalue weighted by Gasteiger charge is 2.39. The molecule has 1 N–H and O–H groups in total. The van der Waals surface area contributed by atoms with Crippen molar-refractivity contribution in [3.05, 3.63) is 0 Å². The summed E-state index contributed by atoms with van der Waals surface area (Å²) in [6, 6.07) is 0. The Balaban J connectivity index is 1.28. The van der Waals surface area contributed by atoms with E-state index in [0.717, 1.165) is 37.6 Å². The Labute approximate surface area is 184 Å². The van der Waals surface area contributed by atoms with E-state index in [1.54, 1.807) is 0 Å². The first kappa shape index (κ1) is 22.4. The van der Waals surface area contributed by atoms with Crippen molar-refractivity contribution in [1.29, 1.82) is 0 Å². The van der Waals surface area contributed by atoms with E-state index >= 15 is 0 Å². The minimum absolute atomic E-state index is 0.118. The summed E-state index contributed by atoms with van der Waals surface area (Å²) in [4.78, 5) is 12.4. The molecule has 0 saturated carbocycles. The van der Waals surface area contributed by atoms with Crippen LogP contribution in [0.25, 0.3) is 0 Å². The fraction of sp³-hybridized carbons (Fsp3) is 0.960.